The van der Waals surface area contributed by atoms with Crippen LogP contribution < -0.4 is 21.3 Å². The number of fused-ring (bicyclic) bond motifs is 3. The SMILES string of the molecule is C[C@@H]1C[C@H]2C(=O)OC[C@H](NC(=O)[C@H](Cc3cc(F)cc(F)c3)NC(=O)Nc3ccc(Cl)cc3F)C(=O)N3CCC[C@H]3C(=O)N3CCN(C)C[C@H]3C(=O)N[C@@H](C)C(=O)N2C1. The van der Waals surface area contributed by atoms with Gasteiger partial charge >= 0.3 is 12.0 Å². The lowest BCUT2D eigenvalue weighted by Crippen LogP contribution is -2.65. The van der Waals surface area contributed by atoms with Crippen LogP contribution in [0.1, 0.15) is 38.7 Å². The normalized spacial score (nSPS) is 26.4. The summed E-state index contributed by atoms with van der Waals surface area (Å²) >= 11 is 5.82. The summed E-state index contributed by atoms with van der Waals surface area (Å²) in [4.78, 5) is 103. The third kappa shape index (κ3) is 10.1. The third-order valence-corrected chi connectivity index (χ3v) is 11.2. The maximum absolute atomic E-state index is 14.6. The second-order valence-corrected chi connectivity index (χ2v) is 16.0. The molecule has 59 heavy (non-hydrogen) atoms. The van der Waals surface area contributed by atoms with Gasteiger partial charge in [0.1, 0.15) is 60.3 Å². The molecule has 7 amide bonds. The number of anilines is 1. The van der Waals surface area contributed by atoms with Gasteiger partial charge in [-0.2, -0.15) is 0 Å². The quantitative estimate of drug-likeness (QED) is 0.312. The highest BCUT2D eigenvalue weighted by Crippen LogP contribution is 2.27. The van der Waals surface area contributed by atoms with Gasteiger partial charge in [0, 0.05) is 50.2 Å². The first-order chi connectivity index (χ1) is 28.0. The lowest BCUT2D eigenvalue weighted by molar-refractivity contribution is -0.158. The van der Waals surface area contributed by atoms with Crippen LogP contribution >= 0.6 is 11.6 Å². The second-order valence-electron chi connectivity index (χ2n) is 15.5. The molecule has 318 valence electrons. The van der Waals surface area contributed by atoms with Crippen molar-refractivity contribution in [3.8, 4) is 0 Å². The molecule has 0 aliphatic carbocycles. The molecule has 4 fully saturated rings. The summed E-state index contributed by atoms with van der Waals surface area (Å²) in [5, 5.41) is 9.88. The van der Waals surface area contributed by atoms with Crippen molar-refractivity contribution in [1.29, 1.82) is 0 Å². The highest BCUT2D eigenvalue weighted by molar-refractivity contribution is 6.30. The molecule has 0 aromatic heterocycles. The Morgan fingerprint density at radius 1 is 0.881 bits per heavy atom. The van der Waals surface area contributed by atoms with E-state index in [0.29, 0.717) is 19.0 Å². The van der Waals surface area contributed by atoms with Gasteiger partial charge in [0.05, 0.1) is 5.69 Å². The van der Waals surface area contributed by atoms with Crippen LogP contribution in [0.5, 0.6) is 0 Å². The second kappa shape index (κ2) is 18.2. The molecule has 0 saturated carbocycles. The number of cyclic esters (lactones) is 1. The summed E-state index contributed by atoms with van der Waals surface area (Å²) in [6.07, 6.45) is 0.279. The molecule has 2 aromatic rings. The molecule has 0 spiro atoms. The van der Waals surface area contributed by atoms with Gasteiger partial charge in [0.25, 0.3) is 0 Å². The Morgan fingerprint density at radius 3 is 2.31 bits per heavy atom. The number of urea groups is 1. The zero-order valence-corrected chi connectivity index (χ0v) is 33.4. The smallest absolute Gasteiger partial charge is 0.328 e. The topological polar surface area (TPSA) is 190 Å². The summed E-state index contributed by atoms with van der Waals surface area (Å²) in [6, 6.07) is -2.79. The maximum Gasteiger partial charge on any atom is 0.328 e. The van der Waals surface area contributed by atoms with Crippen LogP contribution in [0.25, 0.3) is 0 Å². The van der Waals surface area contributed by atoms with Crippen molar-refractivity contribution >= 4 is 58.8 Å². The van der Waals surface area contributed by atoms with Crippen LogP contribution in [-0.4, -0.2) is 144 Å². The number of amides is 7. The van der Waals surface area contributed by atoms with Gasteiger partial charge in [-0.3, -0.25) is 24.0 Å². The predicted molar refractivity (Wildman–Crippen MR) is 205 cm³/mol. The van der Waals surface area contributed by atoms with Gasteiger partial charge in [-0.25, -0.2) is 22.8 Å². The van der Waals surface area contributed by atoms with E-state index < -0.39 is 108 Å². The number of nitrogens with zero attached hydrogens (tertiary/aromatic N) is 4. The van der Waals surface area contributed by atoms with E-state index in [9.17, 15) is 46.7 Å². The van der Waals surface area contributed by atoms with E-state index in [2.05, 4.69) is 21.3 Å². The molecule has 0 radical (unpaired) electrons. The minimum absolute atomic E-state index is 0.0468. The van der Waals surface area contributed by atoms with E-state index in [-0.39, 0.29) is 61.2 Å². The molecular weight excluding hydrogens is 801 g/mol. The molecule has 7 atom stereocenters. The summed E-state index contributed by atoms with van der Waals surface area (Å²) in [5.41, 5.74) is -0.378. The number of esters is 1. The molecule has 2 aromatic carbocycles. The van der Waals surface area contributed by atoms with Gasteiger partial charge in [-0.1, -0.05) is 18.5 Å². The highest BCUT2D eigenvalue weighted by atomic mass is 35.5. The van der Waals surface area contributed by atoms with Gasteiger partial charge in [-0.05, 0) is 75.0 Å². The van der Waals surface area contributed by atoms with Crippen molar-refractivity contribution in [2.75, 3.05) is 51.7 Å². The van der Waals surface area contributed by atoms with E-state index in [4.69, 9.17) is 16.3 Å². The molecule has 6 rings (SSSR count). The molecule has 20 heteroatoms. The number of benzene rings is 2. The Balaban J connectivity index is 1.32. The van der Waals surface area contributed by atoms with Gasteiger partial charge in [0.2, 0.25) is 29.5 Å². The minimum Gasteiger partial charge on any atom is -0.461 e. The van der Waals surface area contributed by atoms with E-state index in [1.807, 2.05) is 11.8 Å². The van der Waals surface area contributed by atoms with Crippen molar-refractivity contribution in [3.05, 3.63) is 64.4 Å². The fraction of sp³-hybridized carbons (Fsp3) is 0.513. The summed E-state index contributed by atoms with van der Waals surface area (Å²) < 4.78 is 48.8. The third-order valence-electron chi connectivity index (χ3n) is 11.0. The number of piperazine rings is 1. The summed E-state index contributed by atoms with van der Waals surface area (Å²) in [6.45, 7) is 3.51. The first-order valence-corrected chi connectivity index (χ1v) is 19.7. The molecule has 4 heterocycles. The van der Waals surface area contributed by atoms with Crippen molar-refractivity contribution in [1.82, 2.24) is 35.6 Å². The number of nitrogens with one attached hydrogen (secondary N) is 4. The number of rotatable bonds is 6. The highest BCUT2D eigenvalue weighted by Gasteiger charge is 2.46. The first-order valence-electron chi connectivity index (χ1n) is 19.3. The molecule has 16 nitrogen and oxygen atoms in total. The summed E-state index contributed by atoms with van der Waals surface area (Å²) in [5.74, 6) is -7.42. The molecule has 0 bridgehead atoms. The average molecular weight is 847 g/mol. The Hall–Kier alpha value is -5.43. The average Bonchev–Trinajstić information content (AvgIpc) is 3.83. The lowest BCUT2D eigenvalue weighted by atomic mass is 10.0. The fourth-order valence-electron chi connectivity index (χ4n) is 8.01. The number of carbonyl (C=O) groups excluding carboxylic acids is 7. The molecule has 4 N–H and O–H groups in total. The van der Waals surface area contributed by atoms with Gasteiger partial charge < -0.3 is 45.6 Å². The number of hydrogen-bond donors (Lipinski definition) is 4. The van der Waals surface area contributed by atoms with Crippen LogP contribution in [0, 0.1) is 23.4 Å². The van der Waals surface area contributed by atoms with E-state index in [0.717, 1.165) is 18.2 Å². The zero-order chi connectivity index (χ0) is 42.7. The van der Waals surface area contributed by atoms with E-state index in [1.165, 1.54) is 33.8 Å². The fourth-order valence-corrected chi connectivity index (χ4v) is 8.17. The Morgan fingerprint density at radius 2 is 1.59 bits per heavy atom. The standard InChI is InChI=1S/C39H46ClF3N8O8/c1-20-11-31-38(57)59-19-29(45-33(52)28(14-22-12-24(41)16-25(42)13-22)47-39(58)46-27-7-6-23(40)15-26(27)43)36(55)49-8-4-5-30(49)37(56)50-10-9-48(3)18-32(50)34(53)44-21(2)35(54)51(31)17-20/h6-7,12-13,15-16,20-21,28-32H,4-5,8-11,14,17-19H2,1-3H3,(H,44,53)(H,45,52)(H2,46,47,58)/t20-,21+,28+,29+,30+,31+,32+/m1/s1. The minimum atomic E-state index is -1.67. The van der Waals surface area contributed by atoms with Crippen molar-refractivity contribution in [3.63, 3.8) is 0 Å². The molecular formula is C39H46ClF3N8O8. The number of carbonyl (C=O) groups is 7. The number of ether oxygens (including phenoxy) is 1. The molecule has 4 aliphatic heterocycles. The predicted octanol–water partition coefficient (Wildman–Crippen LogP) is 1.41. The summed E-state index contributed by atoms with van der Waals surface area (Å²) in [7, 11) is 1.79. The van der Waals surface area contributed by atoms with Crippen molar-refractivity contribution in [2.24, 2.45) is 5.92 Å². The van der Waals surface area contributed by atoms with Crippen LogP contribution in [-0.2, 0) is 39.9 Å². The molecule has 4 saturated heterocycles. The first kappa shape index (κ1) is 43.2. The zero-order valence-electron chi connectivity index (χ0n) is 32.6. The van der Waals surface area contributed by atoms with Gasteiger partial charge in [-0.15, -0.1) is 0 Å². The van der Waals surface area contributed by atoms with Crippen molar-refractivity contribution < 1.29 is 51.5 Å². The Bertz CT molecular complexity index is 1990. The lowest BCUT2D eigenvalue weighted by Gasteiger charge is -2.42. The van der Waals surface area contributed by atoms with E-state index in [1.54, 1.807) is 7.05 Å². The molecule has 0 unspecified atom stereocenters. The van der Waals surface area contributed by atoms with Crippen LogP contribution in [0.2, 0.25) is 5.02 Å². The number of hydrogen-bond acceptors (Lipinski definition) is 9. The number of halogens is 4. The van der Waals surface area contributed by atoms with Crippen LogP contribution in [0.15, 0.2) is 36.4 Å². The van der Waals surface area contributed by atoms with Crippen LogP contribution in [0.3, 0.4) is 0 Å². The van der Waals surface area contributed by atoms with E-state index >= 15 is 0 Å². The monoisotopic (exact) mass is 846 g/mol. The molecule has 4 aliphatic rings. The number of likely N-dealkylation sites (N-methyl/N-ethyl adjacent to an activating group) is 1. The maximum atomic E-state index is 14.6. The Labute approximate surface area is 343 Å². The largest absolute Gasteiger partial charge is 0.461 e. The Kier molecular flexibility index (Phi) is 13.3. The van der Waals surface area contributed by atoms with Gasteiger partial charge in [0.15, 0.2) is 0 Å². The van der Waals surface area contributed by atoms with Crippen molar-refractivity contribution in [2.45, 2.75) is 75.8 Å². The van der Waals surface area contributed by atoms with Crippen LogP contribution in [0.4, 0.5) is 23.7 Å².